The van der Waals surface area contributed by atoms with Crippen molar-refractivity contribution < 1.29 is 38.7 Å². The number of carbonyl (C=O) groups is 2. The SMILES string of the molecule is CC1(C)CC2(CC(C)(C)N1)OC1(CCCCCCCCCCC1)N(CC(O)COCCCCOCC(O)CN1C(=O)C3(CC(C)(C)NC(C)(C)C3)OC13CCCCCCCCCCC3)C2=O. The van der Waals surface area contributed by atoms with E-state index in [2.05, 4.69) is 66.0 Å². The fraction of sp³-hybridized carbons (Fsp3) is 0.963. The van der Waals surface area contributed by atoms with Crippen LogP contribution in [0, 0.1) is 0 Å². The second kappa shape index (κ2) is 22.8. The highest BCUT2D eigenvalue weighted by Crippen LogP contribution is 2.53. The molecule has 2 unspecified atom stereocenters. The molecular formula is C54H98N4O8. The summed E-state index contributed by atoms with van der Waals surface area (Å²) >= 11 is 0. The van der Waals surface area contributed by atoms with E-state index in [1.165, 1.54) is 64.2 Å². The predicted molar refractivity (Wildman–Crippen MR) is 262 cm³/mol. The topological polar surface area (TPSA) is 142 Å². The zero-order chi connectivity index (χ0) is 47.7. The molecule has 4 N–H and O–H groups in total. The maximum Gasteiger partial charge on any atom is 0.257 e. The molecule has 0 aromatic rings. The first-order chi connectivity index (χ1) is 31.2. The monoisotopic (exact) mass is 931 g/mol. The molecule has 6 fully saturated rings. The minimum atomic E-state index is -0.918. The molecule has 0 aromatic carbocycles. The zero-order valence-electron chi connectivity index (χ0n) is 43.4. The molecule has 2 aliphatic carbocycles. The van der Waals surface area contributed by atoms with Crippen LogP contribution in [0.1, 0.15) is 235 Å². The van der Waals surface area contributed by atoms with Gasteiger partial charge in [0.25, 0.3) is 11.8 Å². The smallest absolute Gasteiger partial charge is 0.257 e. The first-order valence-corrected chi connectivity index (χ1v) is 27.3. The number of ether oxygens (including phenoxy) is 4. The van der Waals surface area contributed by atoms with Crippen molar-refractivity contribution in [2.45, 2.75) is 292 Å². The number of carbonyl (C=O) groups excluding carboxylic acids is 2. The molecule has 382 valence electrons. The number of hydrogen-bond acceptors (Lipinski definition) is 10. The van der Waals surface area contributed by atoms with E-state index in [0.717, 1.165) is 89.9 Å². The number of amides is 2. The van der Waals surface area contributed by atoms with Crippen LogP contribution < -0.4 is 10.6 Å². The fourth-order valence-electron chi connectivity index (χ4n) is 14.2. The van der Waals surface area contributed by atoms with Crippen molar-refractivity contribution in [3.05, 3.63) is 0 Å². The van der Waals surface area contributed by atoms with Gasteiger partial charge in [0.2, 0.25) is 0 Å². The highest BCUT2D eigenvalue weighted by Gasteiger charge is 2.66. The van der Waals surface area contributed by atoms with Crippen molar-refractivity contribution in [2.24, 2.45) is 0 Å². The van der Waals surface area contributed by atoms with Gasteiger partial charge in [-0.05, 0) is 120 Å². The van der Waals surface area contributed by atoms with Crippen LogP contribution in [0.3, 0.4) is 0 Å². The van der Waals surface area contributed by atoms with Crippen LogP contribution in [-0.2, 0) is 28.5 Å². The van der Waals surface area contributed by atoms with Crippen LogP contribution in [0.15, 0.2) is 0 Å². The van der Waals surface area contributed by atoms with E-state index in [1.54, 1.807) is 0 Å². The van der Waals surface area contributed by atoms with Gasteiger partial charge in [0.1, 0.15) is 11.4 Å². The third-order valence-electron chi connectivity index (χ3n) is 15.8. The maximum atomic E-state index is 14.8. The summed E-state index contributed by atoms with van der Waals surface area (Å²) in [6.07, 6.45) is 26.6. The third kappa shape index (κ3) is 14.2. The number of nitrogens with zero attached hydrogens (tertiary/aromatic N) is 2. The third-order valence-corrected chi connectivity index (χ3v) is 15.8. The number of aliphatic hydroxyl groups is 2. The highest BCUT2D eigenvalue weighted by molar-refractivity contribution is 5.89. The normalized spacial score (nSPS) is 28.7. The van der Waals surface area contributed by atoms with Gasteiger partial charge >= 0.3 is 0 Å². The number of hydrogen-bond donors (Lipinski definition) is 4. The predicted octanol–water partition coefficient (Wildman–Crippen LogP) is 9.60. The maximum absolute atomic E-state index is 14.8. The van der Waals surface area contributed by atoms with E-state index >= 15 is 0 Å². The molecule has 2 saturated carbocycles. The molecule has 4 spiro atoms. The van der Waals surface area contributed by atoms with E-state index in [9.17, 15) is 19.8 Å². The van der Waals surface area contributed by atoms with Crippen molar-refractivity contribution in [3.8, 4) is 0 Å². The molecule has 0 aromatic heterocycles. The minimum Gasteiger partial charge on any atom is -0.389 e. The Labute approximate surface area is 401 Å². The average molecular weight is 931 g/mol. The molecule has 0 bridgehead atoms. The Kier molecular flexibility index (Phi) is 18.6. The number of β-amino-alcohol motifs (C(OH)–C–C–N with tert-alkyl or cyclic N) is 2. The number of unbranched alkanes of at least 4 members (excludes halogenated alkanes) is 1. The standard InChI is InChI=1S/C54H98N4O8/c1-47(2)39-51(40-48(3,4)55-47)45(61)57(53(65-51)29-23-19-15-11-9-12-16-20-24-30-53)35-43(59)37-63-33-27-28-34-64-38-44(60)36-58-46(62)52(41-49(5,6)56-50(7,8)42-52)66-54(58)31-25-21-17-13-10-14-18-22-26-32-54/h43-44,55-56,59-60H,9-42H2,1-8H3. The summed E-state index contributed by atoms with van der Waals surface area (Å²) in [4.78, 5) is 33.5. The second-order valence-electron chi connectivity index (χ2n) is 24.9. The van der Waals surface area contributed by atoms with Crippen LogP contribution in [-0.4, -0.2) is 128 Å². The van der Waals surface area contributed by atoms with Crippen LogP contribution in [0.5, 0.6) is 0 Å². The van der Waals surface area contributed by atoms with Crippen molar-refractivity contribution in [1.82, 2.24) is 20.4 Å². The molecular weight excluding hydrogens is 833 g/mol. The summed E-state index contributed by atoms with van der Waals surface area (Å²) < 4.78 is 26.7. The van der Waals surface area contributed by atoms with Crippen LogP contribution in [0.25, 0.3) is 0 Å². The van der Waals surface area contributed by atoms with Crippen LogP contribution in [0.2, 0.25) is 0 Å². The van der Waals surface area contributed by atoms with Crippen molar-refractivity contribution in [3.63, 3.8) is 0 Å². The van der Waals surface area contributed by atoms with Crippen molar-refractivity contribution in [2.75, 3.05) is 39.5 Å². The summed E-state index contributed by atoms with van der Waals surface area (Å²) in [5.41, 5.74) is -4.35. The first-order valence-electron chi connectivity index (χ1n) is 27.3. The minimum absolute atomic E-state index is 0.0347. The Hall–Kier alpha value is -1.38. The van der Waals surface area contributed by atoms with Gasteiger partial charge in [-0.3, -0.25) is 9.59 Å². The molecule has 6 rings (SSSR count). The summed E-state index contributed by atoms with van der Waals surface area (Å²) in [5, 5.41) is 30.5. The van der Waals surface area contributed by atoms with E-state index in [0.29, 0.717) is 38.9 Å². The van der Waals surface area contributed by atoms with Crippen molar-refractivity contribution >= 4 is 11.8 Å². The molecule has 6 aliphatic rings. The first kappa shape index (κ1) is 54.0. The Bertz CT molecular complexity index is 1380. The molecule has 12 nitrogen and oxygen atoms in total. The van der Waals surface area contributed by atoms with E-state index in [1.807, 2.05) is 9.80 Å². The zero-order valence-corrected chi connectivity index (χ0v) is 43.4. The Morgan fingerprint density at radius 1 is 0.470 bits per heavy atom. The van der Waals surface area contributed by atoms with Crippen LogP contribution in [0.4, 0.5) is 0 Å². The van der Waals surface area contributed by atoms with Gasteiger partial charge in [0, 0.05) is 61.1 Å². The van der Waals surface area contributed by atoms with Gasteiger partial charge in [-0.2, -0.15) is 0 Å². The lowest BCUT2D eigenvalue weighted by Crippen LogP contribution is -2.65. The van der Waals surface area contributed by atoms with Crippen LogP contribution >= 0.6 is 0 Å². The molecule has 66 heavy (non-hydrogen) atoms. The summed E-state index contributed by atoms with van der Waals surface area (Å²) in [7, 11) is 0. The Balaban J connectivity index is 1.00. The van der Waals surface area contributed by atoms with E-state index in [-0.39, 0.29) is 60.3 Å². The van der Waals surface area contributed by atoms with Gasteiger partial charge in [0.15, 0.2) is 11.2 Å². The van der Waals surface area contributed by atoms with Gasteiger partial charge < -0.3 is 49.6 Å². The largest absolute Gasteiger partial charge is 0.389 e. The number of piperidine rings is 2. The number of rotatable bonds is 13. The molecule has 4 heterocycles. The number of nitrogens with one attached hydrogen (secondary N) is 2. The fourth-order valence-corrected chi connectivity index (χ4v) is 14.2. The lowest BCUT2D eigenvalue weighted by atomic mass is 9.72. The Morgan fingerprint density at radius 3 is 1.00 bits per heavy atom. The van der Waals surface area contributed by atoms with Gasteiger partial charge in [0.05, 0.1) is 38.5 Å². The van der Waals surface area contributed by atoms with E-state index < -0.39 is 34.9 Å². The van der Waals surface area contributed by atoms with Gasteiger partial charge in [-0.25, -0.2) is 0 Å². The average Bonchev–Trinajstić information content (AvgIpc) is 3.51. The molecule has 4 aliphatic heterocycles. The quantitative estimate of drug-likeness (QED) is 0.132. The summed E-state index contributed by atoms with van der Waals surface area (Å²) in [6.45, 7) is 19.0. The summed E-state index contributed by atoms with van der Waals surface area (Å²) in [5.74, 6) is 0.0693. The lowest BCUT2D eigenvalue weighted by molar-refractivity contribution is -0.179. The molecule has 0 radical (unpaired) electrons. The Morgan fingerprint density at radius 2 is 0.727 bits per heavy atom. The molecule has 2 atom stereocenters. The highest BCUT2D eigenvalue weighted by atomic mass is 16.6. The van der Waals surface area contributed by atoms with Crippen molar-refractivity contribution in [1.29, 1.82) is 0 Å². The molecule has 12 heteroatoms. The molecule has 4 saturated heterocycles. The van der Waals surface area contributed by atoms with Gasteiger partial charge in [-0.1, -0.05) is 89.9 Å². The number of aliphatic hydroxyl groups excluding tert-OH is 2. The second-order valence-corrected chi connectivity index (χ2v) is 24.9. The molecule has 2 amide bonds. The van der Waals surface area contributed by atoms with E-state index in [4.69, 9.17) is 18.9 Å². The lowest BCUT2D eigenvalue weighted by Gasteiger charge is -2.50. The summed E-state index contributed by atoms with van der Waals surface area (Å²) in [6, 6.07) is 0. The van der Waals surface area contributed by atoms with Gasteiger partial charge in [-0.15, -0.1) is 0 Å².